The van der Waals surface area contributed by atoms with E-state index < -0.39 is 6.10 Å². The van der Waals surface area contributed by atoms with Crippen molar-refractivity contribution in [2.45, 2.75) is 83.9 Å². The number of hydrogen-bond acceptors (Lipinski definition) is 3. The molecule has 3 atom stereocenters. The quantitative estimate of drug-likeness (QED) is 0.710. The van der Waals surface area contributed by atoms with Crippen molar-refractivity contribution in [2.75, 3.05) is 7.11 Å². The fraction of sp³-hybridized carbons (Fsp3) is 0.682. The zero-order chi connectivity index (χ0) is 20.2. The summed E-state index contributed by atoms with van der Waals surface area (Å²) in [4.78, 5) is 12.5. The second-order valence-corrected chi connectivity index (χ2v) is 7.27. The number of carbonyl (C=O) groups excluding carboxylic acids is 1. The van der Waals surface area contributed by atoms with Gasteiger partial charge >= 0.3 is 0 Å². The van der Waals surface area contributed by atoms with E-state index in [1.54, 1.807) is 18.2 Å². The number of benzene rings is 1. The van der Waals surface area contributed by atoms with Crippen LogP contribution in [0.4, 0.5) is 4.39 Å². The van der Waals surface area contributed by atoms with E-state index in [1.165, 1.54) is 45.3 Å². The van der Waals surface area contributed by atoms with Gasteiger partial charge in [0.25, 0.3) is 5.91 Å². The van der Waals surface area contributed by atoms with Gasteiger partial charge < -0.3 is 15.8 Å². The number of ether oxygens (including phenoxy) is 1. The minimum atomic E-state index is -0.662. The van der Waals surface area contributed by atoms with Crippen LogP contribution < -0.4 is 11.1 Å². The second-order valence-electron chi connectivity index (χ2n) is 7.27. The summed E-state index contributed by atoms with van der Waals surface area (Å²) in [6, 6.07) is 6.12. The van der Waals surface area contributed by atoms with Crippen molar-refractivity contribution < 1.29 is 13.9 Å². The maximum atomic E-state index is 13.7. The van der Waals surface area contributed by atoms with E-state index in [2.05, 4.69) is 5.32 Å². The Morgan fingerprint density at radius 3 is 2.48 bits per heavy atom. The molecule has 1 aromatic rings. The lowest BCUT2D eigenvalue weighted by Gasteiger charge is -2.29. The van der Waals surface area contributed by atoms with E-state index in [4.69, 9.17) is 10.5 Å². The molecule has 1 fully saturated rings. The first-order valence-electron chi connectivity index (χ1n) is 10.3. The Balaban J connectivity index is 0.00000176. The average molecular weight is 381 g/mol. The minimum absolute atomic E-state index is 0.191. The maximum absolute atomic E-state index is 13.7. The Kier molecular flexibility index (Phi) is 11.2. The molecule has 154 valence electrons. The Hall–Kier alpha value is -1.46. The third-order valence-electron chi connectivity index (χ3n) is 5.10. The number of nitrogens with two attached hydrogens (primary N) is 1. The van der Waals surface area contributed by atoms with Gasteiger partial charge in [0, 0.05) is 19.2 Å². The van der Waals surface area contributed by atoms with Gasteiger partial charge in [0.15, 0.2) is 6.10 Å². The van der Waals surface area contributed by atoms with Gasteiger partial charge in [-0.05, 0) is 37.3 Å². The van der Waals surface area contributed by atoms with Gasteiger partial charge in [-0.25, -0.2) is 4.39 Å². The Bertz CT molecular complexity index is 547. The summed E-state index contributed by atoms with van der Waals surface area (Å²) in [5.41, 5.74) is 6.86. The molecule has 5 heteroatoms. The highest BCUT2D eigenvalue weighted by Gasteiger charge is 2.29. The van der Waals surface area contributed by atoms with Crippen LogP contribution >= 0.6 is 0 Å². The molecule has 0 aromatic heterocycles. The number of hydrogen-bond donors (Lipinski definition) is 2. The smallest absolute Gasteiger partial charge is 0.250 e. The SMILES string of the molecule is CC.COC(C(=O)NC(C)Cc1ccccc1F)C(N)CC1CCCCC1. The van der Waals surface area contributed by atoms with Crippen molar-refractivity contribution in [1.82, 2.24) is 5.32 Å². The average Bonchev–Trinajstić information content (AvgIpc) is 2.66. The second kappa shape index (κ2) is 12.8. The predicted octanol–water partition coefficient (Wildman–Crippen LogP) is 4.21. The van der Waals surface area contributed by atoms with E-state index in [1.807, 2.05) is 20.8 Å². The molecular formula is C22H37FN2O2. The molecule has 0 saturated heterocycles. The molecule has 1 amide bonds. The highest BCUT2D eigenvalue weighted by Crippen LogP contribution is 2.27. The first-order chi connectivity index (χ1) is 13.0. The summed E-state index contributed by atoms with van der Waals surface area (Å²) in [6.45, 7) is 5.86. The van der Waals surface area contributed by atoms with Crippen LogP contribution in [0.25, 0.3) is 0 Å². The van der Waals surface area contributed by atoms with Crippen LogP contribution in [0.5, 0.6) is 0 Å². The van der Waals surface area contributed by atoms with Crippen LogP contribution in [0.2, 0.25) is 0 Å². The zero-order valence-electron chi connectivity index (χ0n) is 17.3. The highest BCUT2D eigenvalue weighted by molar-refractivity contribution is 5.81. The summed E-state index contributed by atoms with van der Waals surface area (Å²) >= 11 is 0. The fourth-order valence-corrected chi connectivity index (χ4v) is 3.78. The van der Waals surface area contributed by atoms with E-state index in [-0.39, 0.29) is 23.8 Å². The van der Waals surface area contributed by atoms with E-state index in [0.29, 0.717) is 17.9 Å². The van der Waals surface area contributed by atoms with Gasteiger partial charge in [-0.3, -0.25) is 4.79 Å². The molecule has 2 rings (SSSR count). The third-order valence-corrected chi connectivity index (χ3v) is 5.10. The Morgan fingerprint density at radius 1 is 1.26 bits per heavy atom. The summed E-state index contributed by atoms with van der Waals surface area (Å²) in [5.74, 6) is 0.126. The van der Waals surface area contributed by atoms with Crippen LogP contribution in [0.15, 0.2) is 24.3 Å². The molecule has 0 spiro atoms. The number of carbonyl (C=O) groups is 1. The van der Waals surface area contributed by atoms with Gasteiger partial charge in [-0.1, -0.05) is 64.2 Å². The monoisotopic (exact) mass is 380 g/mol. The molecule has 1 aliphatic rings. The molecule has 27 heavy (non-hydrogen) atoms. The van der Waals surface area contributed by atoms with Gasteiger partial charge in [0.2, 0.25) is 0 Å². The third kappa shape index (κ3) is 7.97. The van der Waals surface area contributed by atoms with Gasteiger partial charge in [0.05, 0.1) is 0 Å². The van der Waals surface area contributed by atoms with E-state index >= 15 is 0 Å². The van der Waals surface area contributed by atoms with Crippen molar-refractivity contribution in [3.05, 3.63) is 35.6 Å². The lowest BCUT2D eigenvalue weighted by molar-refractivity contribution is -0.133. The largest absolute Gasteiger partial charge is 0.370 e. The van der Waals surface area contributed by atoms with Crippen molar-refractivity contribution >= 4 is 5.91 Å². The number of halogens is 1. The first kappa shape index (κ1) is 23.6. The van der Waals surface area contributed by atoms with Crippen LogP contribution in [0.3, 0.4) is 0 Å². The molecule has 0 radical (unpaired) electrons. The number of rotatable bonds is 8. The van der Waals surface area contributed by atoms with Crippen LogP contribution in [-0.4, -0.2) is 31.2 Å². The minimum Gasteiger partial charge on any atom is -0.370 e. The lowest BCUT2D eigenvalue weighted by Crippen LogP contribution is -2.50. The molecule has 3 N–H and O–H groups in total. The Morgan fingerprint density at radius 2 is 1.89 bits per heavy atom. The van der Waals surface area contributed by atoms with E-state index in [0.717, 1.165) is 6.42 Å². The van der Waals surface area contributed by atoms with Gasteiger partial charge in [-0.15, -0.1) is 0 Å². The summed E-state index contributed by atoms with van der Waals surface area (Å²) in [7, 11) is 1.52. The summed E-state index contributed by atoms with van der Waals surface area (Å²) in [6.07, 6.45) is 6.77. The molecule has 0 heterocycles. The summed E-state index contributed by atoms with van der Waals surface area (Å²) < 4.78 is 19.1. The van der Waals surface area contributed by atoms with Crippen LogP contribution in [0.1, 0.15) is 64.9 Å². The van der Waals surface area contributed by atoms with Crippen molar-refractivity contribution in [2.24, 2.45) is 11.7 Å². The molecule has 1 saturated carbocycles. The molecule has 3 unspecified atom stereocenters. The molecule has 1 aromatic carbocycles. The fourth-order valence-electron chi connectivity index (χ4n) is 3.78. The van der Waals surface area contributed by atoms with Gasteiger partial charge in [0.1, 0.15) is 5.82 Å². The lowest BCUT2D eigenvalue weighted by atomic mass is 9.84. The predicted molar refractivity (Wildman–Crippen MR) is 109 cm³/mol. The maximum Gasteiger partial charge on any atom is 0.250 e. The summed E-state index contributed by atoms with van der Waals surface area (Å²) in [5, 5.41) is 2.91. The normalized spacial score (nSPS) is 18.0. The van der Waals surface area contributed by atoms with Gasteiger partial charge in [-0.2, -0.15) is 0 Å². The van der Waals surface area contributed by atoms with Crippen molar-refractivity contribution in [3.8, 4) is 0 Å². The molecule has 4 nitrogen and oxygen atoms in total. The molecule has 0 bridgehead atoms. The van der Waals surface area contributed by atoms with Crippen LogP contribution in [-0.2, 0) is 16.0 Å². The number of nitrogens with one attached hydrogen (secondary N) is 1. The topological polar surface area (TPSA) is 64.3 Å². The zero-order valence-corrected chi connectivity index (χ0v) is 17.3. The molecule has 0 aliphatic heterocycles. The van der Waals surface area contributed by atoms with Crippen molar-refractivity contribution in [3.63, 3.8) is 0 Å². The molecule has 1 aliphatic carbocycles. The highest BCUT2D eigenvalue weighted by atomic mass is 19.1. The standard InChI is InChI=1S/C20H31FN2O2.C2H6/c1-14(12-16-10-6-7-11-17(16)21)23-20(24)19(25-2)18(22)13-15-8-4-3-5-9-15;1-2/h6-7,10-11,14-15,18-19H,3-5,8-9,12-13,22H2,1-2H3,(H,23,24);1-2H3. The van der Waals surface area contributed by atoms with E-state index in [9.17, 15) is 9.18 Å². The Labute approximate surface area is 164 Å². The first-order valence-corrected chi connectivity index (χ1v) is 10.3. The van der Waals surface area contributed by atoms with Crippen molar-refractivity contribution in [1.29, 1.82) is 0 Å². The number of methoxy groups -OCH3 is 1. The molecular weight excluding hydrogens is 343 g/mol. The van der Waals surface area contributed by atoms with Crippen LogP contribution in [0, 0.1) is 11.7 Å². The number of amides is 1.